The molecule has 0 spiro atoms. The minimum atomic E-state index is 0.578. The molecule has 1 aliphatic heterocycles. The molecular formula is C25H43N5O. The normalized spacial score (nSPS) is 19.3. The second-order valence-corrected chi connectivity index (χ2v) is 9.28. The first kappa shape index (κ1) is 23.9. The summed E-state index contributed by atoms with van der Waals surface area (Å²) in [5.41, 5.74) is 2.39. The van der Waals surface area contributed by atoms with Gasteiger partial charge in [0.25, 0.3) is 0 Å². The molecule has 6 heteroatoms. The van der Waals surface area contributed by atoms with Gasteiger partial charge in [-0.2, -0.15) is 0 Å². The Morgan fingerprint density at radius 3 is 2.55 bits per heavy atom. The highest BCUT2D eigenvalue weighted by Gasteiger charge is 2.22. The molecule has 1 unspecified atom stereocenters. The van der Waals surface area contributed by atoms with Gasteiger partial charge in [0, 0.05) is 51.4 Å². The predicted molar refractivity (Wildman–Crippen MR) is 130 cm³/mol. The molecule has 0 amide bonds. The Labute approximate surface area is 189 Å². The number of hydrogen-bond donors (Lipinski definition) is 2. The molecule has 1 aliphatic carbocycles. The van der Waals surface area contributed by atoms with Crippen LogP contribution >= 0.6 is 0 Å². The van der Waals surface area contributed by atoms with Crippen molar-refractivity contribution in [1.29, 1.82) is 0 Å². The number of ether oxygens (including phenoxy) is 1. The van der Waals surface area contributed by atoms with E-state index in [9.17, 15) is 0 Å². The zero-order valence-electron chi connectivity index (χ0n) is 20.1. The van der Waals surface area contributed by atoms with Crippen molar-refractivity contribution in [2.45, 2.75) is 47.1 Å². The van der Waals surface area contributed by atoms with E-state index in [0.29, 0.717) is 12.5 Å². The Kier molecular flexibility index (Phi) is 9.47. The number of rotatable bonds is 11. The number of aryl methyl sites for hydroxylation is 1. The Morgan fingerprint density at radius 2 is 1.87 bits per heavy atom. The minimum absolute atomic E-state index is 0.578. The van der Waals surface area contributed by atoms with Gasteiger partial charge in [-0.25, -0.2) is 4.99 Å². The van der Waals surface area contributed by atoms with Gasteiger partial charge in [0.2, 0.25) is 0 Å². The number of hydrogen-bond acceptors (Lipinski definition) is 4. The van der Waals surface area contributed by atoms with Crippen molar-refractivity contribution in [2.75, 3.05) is 59.0 Å². The van der Waals surface area contributed by atoms with Crippen LogP contribution in [0.3, 0.4) is 0 Å². The number of benzene rings is 1. The molecule has 1 heterocycles. The molecular weight excluding hydrogens is 386 g/mol. The zero-order valence-corrected chi connectivity index (χ0v) is 20.1. The molecule has 1 aromatic carbocycles. The summed E-state index contributed by atoms with van der Waals surface area (Å²) in [6.07, 6.45) is 2.61. The van der Waals surface area contributed by atoms with E-state index in [1.165, 1.54) is 51.1 Å². The summed E-state index contributed by atoms with van der Waals surface area (Å²) in [6, 6.07) is 6.45. The van der Waals surface area contributed by atoms with E-state index in [1.807, 2.05) is 0 Å². The standard InChI is InChI=1S/C25H43N5O/c1-5-26-25(27-16-21(4)18-30-13-11-29(6-2)12-14-30)28-17-23-10-7-20(3)15-24(23)31-19-22-8-9-22/h7,10,15,21-22H,5-6,8-9,11-14,16-19H2,1-4H3,(H2,26,27,28). The fraction of sp³-hybridized carbons (Fsp3) is 0.720. The number of piperazine rings is 1. The smallest absolute Gasteiger partial charge is 0.191 e. The number of nitrogens with zero attached hydrogens (tertiary/aromatic N) is 3. The van der Waals surface area contributed by atoms with Crippen LogP contribution in [0.5, 0.6) is 5.75 Å². The third kappa shape index (κ3) is 8.34. The fourth-order valence-electron chi connectivity index (χ4n) is 3.99. The van der Waals surface area contributed by atoms with Crippen LogP contribution < -0.4 is 15.4 Å². The lowest BCUT2D eigenvalue weighted by atomic mass is 10.1. The maximum absolute atomic E-state index is 6.11. The summed E-state index contributed by atoms with van der Waals surface area (Å²) in [7, 11) is 0. The second-order valence-electron chi connectivity index (χ2n) is 9.28. The SMILES string of the molecule is CCNC(=NCc1ccc(C)cc1OCC1CC1)NCC(C)CN1CCN(CC)CC1. The van der Waals surface area contributed by atoms with Gasteiger partial charge >= 0.3 is 0 Å². The van der Waals surface area contributed by atoms with Gasteiger partial charge in [-0.05, 0) is 56.7 Å². The zero-order chi connectivity index (χ0) is 22.1. The third-order valence-corrected chi connectivity index (χ3v) is 6.25. The molecule has 2 aliphatic rings. The second kappa shape index (κ2) is 12.3. The molecule has 1 saturated carbocycles. The molecule has 174 valence electrons. The van der Waals surface area contributed by atoms with Crippen LogP contribution in [0.4, 0.5) is 0 Å². The van der Waals surface area contributed by atoms with E-state index < -0.39 is 0 Å². The van der Waals surface area contributed by atoms with Gasteiger partial charge in [-0.15, -0.1) is 0 Å². The molecule has 6 nitrogen and oxygen atoms in total. The van der Waals surface area contributed by atoms with E-state index in [0.717, 1.165) is 49.4 Å². The van der Waals surface area contributed by atoms with Gasteiger partial charge in [-0.3, -0.25) is 0 Å². The Balaban J connectivity index is 1.49. The predicted octanol–water partition coefficient (Wildman–Crippen LogP) is 3.11. The lowest BCUT2D eigenvalue weighted by Gasteiger charge is -2.35. The molecule has 3 rings (SSSR count). The van der Waals surface area contributed by atoms with E-state index in [4.69, 9.17) is 9.73 Å². The van der Waals surface area contributed by atoms with Crippen molar-refractivity contribution in [3.63, 3.8) is 0 Å². The fourth-order valence-corrected chi connectivity index (χ4v) is 3.99. The first-order valence-electron chi connectivity index (χ1n) is 12.3. The first-order valence-corrected chi connectivity index (χ1v) is 12.3. The quantitative estimate of drug-likeness (QED) is 0.418. The van der Waals surface area contributed by atoms with Crippen LogP contribution in [0.1, 0.15) is 44.7 Å². The van der Waals surface area contributed by atoms with Crippen molar-refractivity contribution in [3.8, 4) is 5.75 Å². The van der Waals surface area contributed by atoms with E-state index in [-0.39, 0.29) is 0 Å². The first-order chi connectivity index (χ1) is 15.1. The molecule has 31 heavy (non-hydrogen) atoms. The van der Waals surface area contributed by atoms with Crippen molar-refractivity contribution in [1.82, 2.24) is 20.4 Å². The van der Waals surface area contributed by atoms with Crippen LogP contribution in [0.15, 0.2) is 23.2 Å². The van der Waals surface area contributed by atoms with Gasteiger partial charge in [-0.1, -0.05) is 26.0 Å². The molecule has 0 aromatic heterocycles. The molecule has 1 saturated heterocycles. The number of nitrogens with one attached hydrogen (secondary N) is 2. The summed E-state index contributed by atoms with van der Waals surface area (Å²) in [5.74, 6) is 3.21. The molecule has 2 fully saturated rings. The van der Waals surface area contributed by atoms with E-state index in [2.05, 4.69) is 66.3 Å². The molecule has 2 N–H and O–H groups in total. The lowest BCUT2D eigenvalue weighted by Crippen LogP contribution is -2.48. The van der Waals surface area contributed by atoms with Crippen LogP contribution in [-0.2, 0) is 6.54 Å². The summed E-state index contributed by atoms with van der Waals surface area (Å²) < 4.78 is 6.11. The highest BCUT2D eigenvalue weighted by molar-refractivity contribution is 5.79. The van der Waals surface area contributed by atoms with Crippen molar-refractivity contribution < 1.29 is 4.74 Å². The van der Waals surface area contributed by atoms with Crippen molar-refractivity contribution >= 4 is 5.96 Å². The molecule has 0 radical (unpaired) electrons. The third-order valence-electron chi connectivity index (χ3n) is 6.25. The van der Waals surface area contributed by atoms with E-state index >= 15 is 0 Å². The van der Waals surface area contributed by atoms with Crippen LogP contribution in [0, 0.1) is 18.8 Å². The summed E-state index contributed by atoms with van der Waals surface area (Å²) >= 11 is 0. The Hall–Kier alpha value is -1.79. The van der Waals surface area contributed by atoms with Gasteiger partial charge in [0.05, 0.1) is 13.2 Å². The van der Waals surface area contributed by atoms with Crippen molar-refractivity contribution in [2.24, 2.45) is 16.8 Å². The molecule has 0 bridgehead atoms. The van der Waals surface area contributed by atoms with Crippen LogP contribution in [0.25, 0.3) is 0 Å². The highest BCUT2D eigenvalue weighted by atomic mass is 16.5. The Bertz CT molecular complexity index is 695. The van der Waals surface area contributed by atoms with Crippen molar-refractivity contribution in [3.05, 3.63) is 29.3 Å². The monoisotopic (exact) mass is 429 g/mol. The lowest BCUT2D eigenvalue weighted by molar-refractivity contribution is 0.124. The summed E-state index contributed by atoms with van der Waals surface area (Å²) in [6.45, 7) is 19.1. The largest absolute Gasteiger partial charge is 0.493 e. The number of guanidine groups is 1. The summed E-state index contributed by atoms with van der Waals surface area (Å²) in [4.78, 5) is 9.98. The van der Waals surface area contributed by atoms with Crippen LogP contribution in [-0.4, -0.2) is 74.7 Å². The van der Waals surface area contributed by atoms with Gasteiger partial charge in [0.1, 0.15) is 5.75 Å². The van der Waals surface area contributed by atoms with E-state index in [1.54, 1.807) is 0 Å². The minimum Gasteiger partial charge on any atom is -0.493 e. The van der Waals surface area contributed by atoms with Crippen LogP contribution in [0.2, 0.25) is 0 Å². The van der Waals surface area contributed by atoms with Gasteiger partial charge < -0.3 is 25.2 Å². The Morgan fingerprint density at radius 1 is 1.13 bits per heavy atom. The average molecular weight is 430 g/mol. The molecule has 1 atom stereocenters. The highest BCUT2D eigenvalue weighted by Crippen LogP contribution is 2.31. The molecule has 1 aromatic rings. The van der Waals surface area contributed by atoms with Gasteiger partial charge in [0.15, 0.2) is 5.96 Å². The number of aliphatic imine (C=N–C) groups is 1. The maximum Gasteiger partial charge on any atom is 0.191 e. The average Bonchev–Trinajstić information content (AvgIpc) is 3.60. The summed E-state index contributed by atoms with van der Waals surface area (Å²) in [5, 5.41) is 6.95. The maximum atomic E-state index is 6.11. The number of likely N-dealkylation sites (N-methyl/N-ethyl adjacent to an activating group) is 1. The topological polar surface area (TPSA) is 52.1 Å².